The highest BCUT2D eigenvalue weighted by atomic mass is 16.1. The SMILES string of the molecule is C=C(N)N=C(/C(C#Cc1ccc(N)nc1)=C(/C)N)c1cccc(C(=O)NC2CCCC2)c1. The Hall–Kier alpha value is -4.05. The van der Waals surface area contributed by atoms with E-state index >= 15 is 0 Å². The normalized spacial score (nSPS) is 14.8. The van der Waals surface area contributed by atoms with Crippen LogP contribution >= 0.6 is 0 Å². The van der Waals surface area contributed by atoms with E-state index in [0.717, 1.165) is 25.7 Å². The van der Waals surface area contributed by atoms with E-state index < -0.39 is 0 Å². The van der Waals surface area contributed by atoms with Crippen molar-refractivity contribution < 1.29 is 4.79 Å². The van der Waals surface area contributed by atoms with Crippen molar-refractivity contribution in [2.24, 2.45) is 16.5 Å². The summed E-state index contributed by atoms with van der Waals surface area (Å²) in [6, 6.07) is 10.8. The number of carbonyl (C=O) groups excluding carboxylic acids is 1. The minimum Gasteiger partial charge on any atom is -0.401 e. The Labute approximate surface area is 188 Å². The molecule has 2 aromatic rings. The fourth-order valence-electron chi connectivity index (χ4n) is 3.51. The largest absolute Gasteiger partial charge is 0.401 e. The van der Waals surface area contributed by atoms with Gasteiger partial charge >= 0.3 is 0 Å². The third-order valence-corrected chi connectivity index (χ3v) is 5.09. The number of nitrogens with one attached hydrogen (secondary N) is 1. The summed E-state index contributed by atoms with van der Waals surface area (Å²) >= 11 is 0. The van der Waals surface area contributed by atoms with Gasteiger partial charge in [0.1, 0.15) is 11.6 Å². The first-order chi connectivity index (χ1) is 15.3. The highest BCUT2D eigenvalue weighted by Crippen LogP contribution is 2.19. The van der Waals surface area contributed by atoms with E-state index in [1.165, 1.54) is 0 Å². The molecule has 164 valence electrons. The Balaban J connectivity index is 1.96. The van der Waals surface area contributed by atoms with Crippen LogP contribution in [0.25, 0.3) is 0 Å². The van der Waals surface area contributed by atoms with Crippen molar-refractivity contribution in [1.82, 2.24) is 10.3 Å². The zero-order valence-corrected chi connectivity index (χ0v) is 18.2. The van der Waals surface area contributed by atoms with Crippen LogP contribution in [0.2, 0.25) is 0 Å². The average molecular weight is 429 g/mol. The summed E-state index contributed by atoms with van der Waals surface area (Å²) in [6.45, 7) is 5.42. The summed E-state index contributed by atoms with van der Waals surface area (Å²) in [5, 5.41) is 3.10. The first-order valence-corrected chi connectivity index (χ1v) is 10.5. The van der Waals surface area contributed by atoms with Gasteiger partial charge in [0, 0.05) is 34.6 Å². The number of hydrogen-bond acceptors (Lipinski definition) is 6. The molecule has 1 aliphatic carbocycles. The van der Waals surface area contributed by atoms with Gasteiger partial charge in [-0.15, -0.1) is 0 Å². The van der Waals surface area contributed by atoms with E-state index in [0.29, 0.717) is 39.5 Å². The molecule has 32 heavy (non-hydrogen) atoms. The molecule has 1 amide bonds. The Kier molecular flexibility index (Phi) is 7.29. The maximum Gasteiger partial charge on any atom is 0.251 e. The molecule has 0 unspecified atom stereocenters. The minimum atomic E-state index is -0.112. The Bertz CT molecular complexity index is 1130. The van der Waals surface area contributed by atoms with Gasteiger partial charge in [0.2, 0.25) is 0 Å². The molecule has 1 saturated carbocycles. The molecule has 0 radical (unpaired) electrons. The van der Waals surface area contributed by atoms with Crippen molar-refractivity contribution >= 4 is 17.4 Å². The topological polar surface area (TPSA) is 132 Å². The van der Waals surface area contributed by atoms with Gasteiger partial charge in [0.15, 0.2) is 0 Å². The molecule has 0 bridgehead atoms. The van der Waals surface area contributed by atoms with Gasteiger partial charge in [-0.05, 0) is 44.0 Å². The predicted octanol–water partition coefficient (Wildman–Crippen LogP) is 2.84. The number of aromatic nitrogens is 1. The van der Waals surface area contributed by atoms with E-state index in [-0.39, 0.29) is 17.8 Å². The lowest BCUT2D eigenvalue weighted by molar-refractivity contribution is 0.0938. The fourth-order valence-corrected chi connectivity index (χ4v) is 3.51. The number of benzene rings is 1. The van der Waals surface area contributed by atoms with Gasteiger partial charge < -0.3 is 22.5 Å². The van der Waals surface area contributed by atoms with E-state index in [9.17, 15) is 4.79 Å². The summed E-state index contributed by atoms with van der Waals surface area (Å²) < 4.78 is 0. The zero-order chi connectivity index (χ0) is 23.1. The van der Waals surface area contributed by atoms with Crippen LogP contribution in [0.1, 0.15) is 54.1 Å². The van der Waals surface area contributed by atoms with Crippen molar-refractivity contribution in [2.75, 3.05) is 5.73 Å². The molecule has 0 spiro atoms. The van der Waals surface area contributed by atoms with Crippen LogP contribution in [0.3, 0.4) is 0 Å². The lowest BCUT2D eigenvalue weighted by atomic mass is 9.98. The van der Waals surface area contributed by atoms with E-state index in [1.54, 1.807) is 43.5 Å². The van der Waals surface area contributed by atoms with Gasteiger partial charge in [-0.1, -0.05) is 43.4 Å². The number of pyridine rings is 1. The maximum absolute atomic E-state index is 12.8. The van der Waals surface area contributed by atoms with E-state index in [1.807, 2.05) is 6.07 Å². The van der Waals surface area contributed by atoms with Crippen LogP contribution < -0.4 is 22.5 Å². The summed E-state index contributed by atoms with van der Waals surface area (Å²) in [6.07, 6.45) is 5.90. The molecule has 1 aliphatic rings. The van der Waals surface area contributed by atoms with Crippen LogP contribution in [-0.2, 0) is 0 Å². The van der Waals surface area contributed by atoms with Crippen LogP contribution in [-0.4, -0.2) is 22.6 Å². The monoisotopic (exact) mass is 428 g/mol. The van der Waals surface area contributed by atoms with Crippen molar-refractivity contribution in [3.05, 3.63) is 83.0 Å². The quantitative estimate of drug-likeness (QED) is 0.429. The average Bonchev–Trinajstić information content (AvgIpc) is 3.27. The molecule has 1 aromatic heterocycles. The first kappa shape index (κ1) is 22.6. The van der Waals surface area contributed by atoms with Gasteiger partial charge in [-0.2, -0.15) is 0 Å². The standard InChI is InChI=1S/C25H28N6O/c1-16(26)22(12-10-18-11-13-23(28)29-15-18)24(30-17(2)27)19-6-5-7-20(14-19)25(32)31-21-8-3-4-9-21/h5-7,11,13-15,21H,2-4,8-9,26-27H2,1H3,(H2,28,29)(H,31,32)/b22-16-,30-24?. The molecule has 0 saturated heterocycles. The fraction of sp³-hybridized carbons (Fsp3) is 0.240. The Morgan fingerprint density at radius 1 is 1.19 bits per heavy atom. The number of nitrogens with two attached hydrogens (primary N) is 3. The molecule has 7 nitrogen and oxygen atoms in total. The summed E-state index contributed by atoms with van der Waals surface area (Å²) in [5.41, 5.74) is 20.9. The van der Waals surface area contributed by atoms with Crippen LogP contribution in [0.15, 0.2) is 71.3 Å². The molecule has 3 rings (SSSR count). The second-order valence-electron chi connectivity index (χ2n) is 7.77. The first-order valence-electron chi connectivity index (χ1n) is 10.5. The number of amides is 1. The van der Waals surface area contributed by atoms with Crippen LogP contribution in [0.4, 0.5) is 5.82 Å². The predicted molar refractivity (Wildman–Crippen MR) is 128 cm³/mol. The number of carbonyl (C=O) groups is 1. The minimum absolute atomic E-state index is 0.107. The molecule has 1 aromatic carbocycles. The highest BCUT2D eigenvalue weighted by molar-refractivity contribution is 6.17. The number of anilines is 1. The number of allylic oxidation sites excluding steroid dienone is 2. The number of nitrogens with zero attached hydrogens (tertiary/aromatic N) is 2. The second kappa shape index (κ2) is 10.3. The number of rotatable bonds is 5. The molecular formula is C25H28N6O. The van der Waals surface area contributed by atoms with Crippen molar-refractivity contribution in [3.8, 4) is 11.8 Å². The molecule has 0 atom stereocenters. The van der Waals surface area contributed by atoms with Crippen molar-refractivity contribution in [3.63, 3.8) is 0 Å². The van der Waals surface area contributed by atoms with E-state index in [2.05, 4.69) is 33.7 Å². The zero-order valence-electron chi connectivity index (χ0n) is 18.2. The van der Waals surface area contributed by atoms with Crippen LogP contribution in [0, 0.1) is 11.8 Å². The Morgan fingerprint density at radius 2 is 1.91 bits per heavy atom. The van der Waals surface area contributed by atoms with Gasteiger partial charge in [-0.25, -0.2) is 9.98 Å². The summed E-state index contributed by atoms with van der Waals surface area (Å²) in [7, 11) is 0. The van der Waals surface area contributed by atoms with Gasteiger partial charge in [-0.3, -0.25) is 4.79 Å². The second-order valence-corrected chi connectivity index (χ2v) is 7.77. The number of hydrogen-bond donors (Lipinski definition) is 4. The lowest BCUT2D eigenvalue weighted by Crippen LogP contribution is -2.32. The van der Waals surface area contributed by atoms with Crippen LogP contribution in [0.5, 0.6) is 0 Å². The lowest BCUT2D eigenvalue weighted by Gasteiger charge is -2.13. The third kappa shape index (κ3) is 5.99. The number of nitrogen functional groups attached to an aromatic ring is 1. The van der Waals surface area contributed by atoms with E-state index in [4.69, 9.17) is 17.2 Å². The third-order valence-electron chi connectivity index (χ3n) is 5.09. The van der Waals surface area contributed by atoms with Crippen molar-refractivity contribution in [1.29, 1.82) is 0 Å². The van der Waals surface area contributed by atoms with Gasteiger partial charge in [0.25, 0.3) is 5.91 Å². The smallest absolute Gasteiger partial charge is 0.251 e. The molecule has 0 aliphatic heterocycles. The maximum atomic E-state index is 12.8. The molecule has 7 heteroatoms. The molecule has 7 N–H and O–H groups in total. The molecule has 1 fully saturated rings. The summed E-state index contributed by atoms with van der Waals surface area (Å²) in [5.74, 6) is 6.50. The molecular weight excluding hydrogens is 400 g/mol. The summed E-state index contributed by atoms with van der Waals surface area (Å²) in [4.78, 5) is 21.2. The molecule has 1 heterocycles. The Morgan fingerprint density at radius 3 is 2.53 bits per heavy atom. The highest BCUT2D eigenvalue weighted by Gasteiger charge is 2.19. The van der Waals surface area contributed by atoms with Crippen molar-refractivity contribution in [2.45, 2.75) is 38.6 Å². The number of aliphatic imine (C=N–C) groups is 1. The van der Waals surface area contributed by atoms with Gasteiger partial charge in [0.05, 0.1) is 11.3 Å².